The zero-order chi connectivity index (χ0) is 12.1. The third kappa shape index (κ3) is 3.06. The molecule has 0 aliphatic rings. The van der Waals surface area contributed by atoms with Crippen LogP contribution in [0.1, 0.15) is 30.9 Å². The molecule has 2 nitrogen and oxygen atoms in total. The molecular weight excluding hydrogens is 208 g/mol. The summed E-state index contributed by atoms with van der Waals surface area (Å²) in [6, 6.07) is 12.5. The lowest BCUT2D eigenvalue weighted by Gasteiger charge is -2.14. The zero-order valence-electron chi connectivity index (χ0n) is 10.4. The Balaban J connectivity index is 2.09. The topological polar surface area (TPSA) is 24.9 Å². The van der Waals surface area contributed by atoms with E-state index in [1.54, 1.807) is 0 Å². The van der Waals surface area contributed by atoms with E-state index in [9.17, 15) is 0 Å². The van der Waals surface area contributed by atoms with Gasteiger partial charge in [-0.3, -0.25) is 4.98 Å². The van der Waals surface area contributed by atoms with Gasteiger partial charge in [-0.25, -0.2) is 0 Å². The standard InChI is InChI=1S/C15H18N2/c1-12(2)14-5-3-4-6-15(14)17-11-13-7-9-16-10-8-13/h3-10,12,17H,11H2,1-2H3. The minimum absolute atomic E-state index is 0.538. The van der Waals surface area contributed by atoms with E-state index < -0.39 is 0 Å². The predicted molar refractivity (Wildman–Crippen MR) is 72.1 cm³/mol. The highest BCUT2D eigenvalue weighted by atomic mass is 14.9. The average Bonchev–Trinajstić information content (AvgIpc) is 2.38. The van der Waals surface area contributed by atoms with Gasteiger partial charge in [-0.15, -0.1) is 0 Å². The zero-order valence-corrected chi connectivity index (χ0v) is 10.4. The average molecular weight is 226 g/mol. The molecule has 0 amide bonds. The maximum absolute atomic E-state index is 4.02. The third-order valence-corrected chi connectivity index (χ3v) is 2.82. The molecule has 1 aromatic heterocycles. The van der Waals surface area contributed by atoms with Gasteiger partial charge in [0.05, 0.1) is 0 Å². The summed E-state index contributed by atoms with van der Waals surface area (Å²) in [6.45, 7) is 5.27. The first-order valence-electron chi connectivity index (χ1n) is 5.99. The normalized spacial score (nSPS) is 10.5. The van der Waals surface area contributed by atoms with Gasteiger partial charge in [-0.05, 0) is 35.2 Å². The summed E-state index contributed by atoms with van der Waals surface area (Å²) in [7, 11) is 0. The second kappa shape index (κ2) is 5.48. The van der Waals surface area contributed by atoms with Crippen molar-refractivity contribution in [1.29, 1.82) is 0 Å². The van der Waals surface area contributed by atoms with Gasteiger partial charge in [0.25, 0.3) is 0 Å². The fourth-order valence-electron chi connectivity index (χ4n) is 1.86. The molecule has 2 heteroatoms. The molecule has 0 bridgehead atoms. The van der Waals surface area contributed by atoms with Crippen molar-refractivity contribution in [2.45, 2.75) is 26.3 Å². The van der Waals surface area contributed by atoms with Crippen LogP contribution in [0.15, 0.2) is 48.8 Å². The summed E-state index contributed by atoms with van der Waals surface area (Å²) < 4.78 is 0. The van der Waals surface area contributed by atoms with E-state index in [1.807, 2.05) is 24.5 Å². The second-order valence-electron chi connectivity index (χ2n) is 4.45. The third-order valence-electron chi connectivity index (χ3n) is 2.82. The van der Waals surface area contributed by atoms with Crippen molar-refractivity contribution >= 4 is 5.69 Å². The lowest BCUT2D eigenvalue weighted by Crippen LogP contribution is -2.03. The van der Waals surface area contributed by atoms with Crippen molar-refractivity contribution in [2.24, 2.45) is 0 Å². The van der Waals surface area contributed by atoms with Crippen molar-refractivity contribution in [2.75, 3.05) is 5.32 Å². The quantitative estimate of drug-likeness (QED) is 0.857. The smallest absolute Gasteiger partial charge is 0.0402 e. The molecule has 0 atom stereocenters. The largest absolute Gasteiger partial charge is 0.381 e. The lowest BCUT2D eigenvalue weighted by atomic mass is 10.0. The fourth-order valence-corrected chi connectivity index (χ4v) is 1.86. The second-order valence-corrected chi connectivity index (χ2v) is 4.45. The number of nitrogens with zero attached hydrogens (tertiary/aromatic N) is 1. The highest BCUT2D eigenvalue weighted by Crippen LogP contribution is 2.23. The van der Waals surface area contributed by atoms with E-state index in [0.29, 0.717) is 5.92 Å². The van der Waals surface area contributed by atoms with Crippen molar-refractivity contribution < 1.29 is 0 Å². The molecule has 17 heavy (non-hydrogen) atoms. The molecule has 2 aromatic rings. The fraction of sp³-hybridized carbons (Fsp3) is 0.267. The maximum Gasteiger partial charge on any atom is 0.0402 e. The van der Waals surface area contributed by atoms with Crippen LogP contribution in [0.2, 0.25) is 0 Å². The molecule has 0 fully saturated rings. The molecule has 0 saturated heterocycles. The first-order chi connectivity index (χ1) is 8.27. The Bertz CT molecular complexity index is 463. The lowest BCUT2D eigenvalue weighted by molar-refractivity contribution is 0.865. The highest BCUT2D eigenvalue weighted by molar-refractivity contribution is 5.52. The number of pyridine rings is 1. The number of rotatable bonds is 4. The Labute approximate surface area is 103 Å². The highest BCUT2D eigenvalue weighted by Gasteiger charge is 2.04. The van der Waals surface area contributed by atoms with Gasteiger partial charge in [0.1, 0.15) is 0 Å². The van der Waals surface area contributed by atoms with E-state index in [1.165, 1.54) is 16.8 Å². The van der Waals surface area contributed by atoms with Crippen LogP contribution in [0, 0.1) is 0 Å². The molecule has 0 saturated carbocycles. The Morgan fingerprint density at radius 2 is 1.76 bits per heavy atom. The summed E-state index contributed by atoms with van der Waals surface area (Å²) >= 11 is 0. The number of nitrogens with one attached hydrogen (secondary N) is 1. The van der Waals surface area contributed by atoms with Crippen molar-refractivity contribution in [3.05, 3.63) is 59.9 Å². The summed E-state index contributed by atoms with van der Waals surface area (Å²) in [5.74, 6) is 0.538. The minimum Gasteiger partial charge on any atom is -0.381 e. The SMILES string of the molecule is CC(C)c1ccccc1NCc1ccncc1. The summed E-state index contributed by atoms with van der Waals surface area (Å²) in [5, 5.41) is 3.48. The van der Waals surface area contributed by atoms with E-state index in [2.05, 4.69) is 48.4 Å². The van der Waals surface area contributed by atoms with E-state index >= 15 is 0 Å². The number of anilines is 1. The Hall–Kier alpha value is -1.83. The molecule has 2 rings (SSSR count). The molecule has 0 radical (unpaired) electrons. The van der Waals surface area contributed by atoms with Crippen LogP contribution in [0.3, 0.4) is 0 Å². The molecule has 1 aromatic carbocycles. The molecule has 88 valence electrons. The predicted octanol–water partition coefficient (Wildman–Crippen LogP) is 3.82. The molecular formula is C15H18N2. The Morgan fingerprint density at radius 1 is 1.06 bits per heavy atom. The van der Waals surface area contributed by atoms with Gasteiger partial charge in [0.15, 0.2) is 0 Å². The maximum atomic E-state index is 4.02. The van der Waals surface area contributed by atoms with Crippen molar-refractivity contribution in [3.8, 4) is 0 Å². The van der Waals surface area contributed by atoms with E-state index in [-0.39, 0.29) is 0 Å². The monoisotopic (exact) mass is 226 g/mol. The van der Waals surface area contributed by atoms with Crippen LogP contribution >= 0.6 is 0 Å². The number of hydrogen-bond donors (Lipinski definition) is 1. The number of aromatic nitrogens is 1. The van der Waals surface area contributed by atoms with Gasteiger partial charge in [0, 0.05) is 24.6 Å². The van der Waals surface area contributed by atoms with Gasteiger partial charge in [0.2, 0.25) is 0 Å². The van der Waals surface area contributed by atoms with E-state index in [0.717, 1.165) is 6.54 Å². The first-order valence-corrected chi connectivity index (χ1v) is 5.99. The Kier molecular flexibility index (Phi) is 3.76. The molecule has 0 unspecified atom stereocenters. The van der Waals surface area contributed by atoms with Gasteiger partial charge in [-0.2, -0.15) is 0 Å². The van der Waals surface area contributed by atoms with Crippen LogP contribution in [-0.4, -0.2) is 4.98 Å². The van der Waals surface area contributed by atoms with Crippen LogP contribution in [0.5, 0.6) is 0 Å². The summed E-state index contributed by atoms with van der Waals surface area (Å²) in [6.07, 6.45) is 3.65. The summed E-state index contributed by atoms with van der Waals surface area (Å²) in [4.78, 5) is 4.02. The molecule has 1 N–H and O–H groups in total. The number of benzene rings is 1. The number of para-hydroxylation sites is 1. The minimum atomic E-state index is 0.538. The molecule has 0 aliphatic heterocycles. The summed E-state index contributed by atoms with van der Waals surface area (Å²) in [5.41, 5.74) is 3.83. The van der Waals surface area contributed by atoms with Crippen LogP contribution in [0.4, 0.5) is 5.69 Å². The van der Waals surface area contributed by atoms with Crippen molar-refractivity contribution in [3.63, 3.8) is 0 Å². The van der Waals surface area contributed by atoms with Gasteiger partial charge in [-0.1, -0.05) is 32.0 Å². The van der Waals surface area contributed by atoms with E-state index in [4.69, 9.17) is 0 Å². The first kappa shape index (κ1) is 11.6. The molecule has 0 spiro atoms. The van der Waals surface area contributed by atoms with Crippen LogP contribution < -0.4 is 5.32 Å². The number of hydrogen-bond acceptors (Lipinski definition) is 2. The van der Waals surface area contributed by atoms with Gasteiger partial charge < -0.3 is 5.32 Å². The van der Waals surface area contributed by atoms with Crippen molar-refractivity contribution in [1.82, 2.24) is 4.98 Å². The van der Waals surface area contributed by atoms with Gasteiger partial charge >= 0.3 is 0 Å². The Morgan fingerprint density at radius 3 is 2.47 bits per heavy atom. The van der Waals surface area contributed by atoms with Crippen LogP contribution in [-0.2, 0) is 6.54 Å². The molecule has 1 heterocycles. The molecule has 0 aliphatic carbocycles. The van der Waals surface area contributed by atoms with Crippen LogP contribution in [0.25, 0.3) is 0 Å².